The molecule has 0 bridgehead atoms. The Labute approximate surface area is 196 Å². The van der Waals surface area contributed by atoms with E-state index in [2.05, 4.69) is 33.0 Å². The largest absolute Gasteiger partial charge is 0.353 e. The van der Waals surface area contributed by atoms with Crippen LogP contribution in [0.25, 0.3) is 27.8 Å². The molecule has 0 saturated carbocycles. The first-order valence-corrected chi connectivity index (χ1v) is 10.9. The first-order chi connectivity index (χ1) is 16.6. The van der Waals surface area contributed by atoms with Gasteiger partial charge in [0.1, 0.15) is 11.9 Å². The number of carbonyl (C=O) groups is 1. The first kappa shape index (κ1) is 21.2. The monoisotopic (exact) mass is 450 g/mol. The molecule has 34 heavy (non-hydrogen) atoms. The number of fused-ring (bicyclic) bond motifs is 1. The van der Waals surface area contributed by atoms with Gasteiger partial charge < -0.3 is 9.80 Å². The van der Waals surface area contributed by atoms with Crippen LogP contribution < -0.4 is 4.90 Å². The minimum absolute atomic E-state index is 0.128. The molecule has 5 rings (SSSR count). The highest BCUT2D eigenvalue weighted by atomic mass is 16.2. The molecule has 9 heteroatoms. The molecule has 4 aromatic rings. The van der Waals surface area contributed by atoms with E-state index in [9.17, 15) is 10.1 Å². The average Bonchev–Trinajstić information content (AvgIpc) is 3.50. The number of carbonyl (C=O) groups excluding carboxylic acids is 1. The van der Waals surface area contributed by atoms with Crippen LogP contribution >= 0.6 is 0 Å². The maximum atomic E-state index is 12.0. The quantitative estimate of drug-likeness (QED) is 0.445. The Morgan fingerprint density at radius 3 is 2.47 bits per heavy atom. The van der Waals surface area contributed by atoms with E-state index in [0.717, 1.165) is 33.6 Å². The van der Waals surface area contributed by atoms with Crippen LogP contribution in [-0.4, -0.2) is 61.4 Å². The van der Waals surface area contributed by atoms with Gasteiger partial charge >= 0.3 is 0 Å². The van der Waals surface area contributed by atoms with Crippen molar-refractivity contribution in [2.45, 2.75) is 6.92 Å². The second-order valence-corrected chi connectivity index (χ2v) is 8.07. The van der Waals surface area contributed by atoms with Gasteiger partial charge in [0.15, 0.2) is 0 Å². The lowest BCUT2D eigenvalue weighted by Gasteiger charge is -2.34. The Hall–Kier alpha value is -4.63. The molecule has 1 aliphatic rings. The highest BCUT2D eigenvalue weighted by Gasteiger charge is 2.21. The van der Waals surface area contributed by atoms with Crippen molar-refractivity contribution >= 4 is 17.2 Å². The highest BCUT2D eigenvalue weighted by Crippen LogP contribution is 2.32. The van der Waals surface area contributed by atoms with Gasteiger partial charge in [0.2, 0.25) is 0 Å². The fourth-order valence-electron chi connectivity index (χ4n) is 4.21. The summed E-state index contributed by atoms with van der Waals surface area (Å²) in [5.74, 6) is 5.99. The molecule has 0 spiro atoms. The Balaban J connectivity index is 1.46. The maximum absolute atomic E-state index is 12.0. The molecular weight excluding hydrogens is 428 g/mol. The van der Waals surface area contributed by atoms with Gasteiger partial charge in [-0.05, 0) is 31.0 Å². The molecule has 1 aliphatic heterocycles. The second kappa shape index (κ2) is 8.72. The fourth-order valence-corrected chi connectivity index (χ4v) is 4.21. The van der Waals surface area contributed by atoms with E-state index >= 15 is 0 Å². The Kier molecular flexibility index (Phi) is 5.44. The predicted octanol–water partition coefficient (Wildman–Crippen LogP) is 2.34. The molecule has 4 aromatic heterocycles. The van der Waals surface area contributed by atoms with E-state index in [-0.39, 0.29) is 5.91 Å². The molecule has 1 amide bonds. The van der Waals surface area contributed by atoms with Crippen molar-refractivity contribution in [1.29, 1.82) is 5.26 Å². The number of aromatic nitrogens is 5. The first-order valence-electron chi connectivity index (χ1n) is 10.9. The minimum Gasteiger partial charge on any atom is -0.353 e. The summed E-state index contributed by atoms with van der Waals surface area (Å²) in [5, 5.41) is 18.3. The van der Waals surface area contributed by atoms with Gasteiger partial charge in [0, 0.05) is 74.1 Å². The van der Waals surface area contributed by atoms with E-state index in [1.807, 2.05) is 43.8 Å². The Morgan fingerprint density at radius 1 is 1.00 bits per heavy atom. The molecule has 1 saturated heterocycles. The van der Waals surface area contributed by atoms with E-state index < -0.39 is 0 Å². The summed E-state index contributed by atoms with van der Waals surface area (Å²) in [4.78, 5) is 20.6. The van der Waals surface area contributed by atoms with Gasteiger partial charge in [-0.3, -0.25) is 9.48 Å². The van der Waals surface area contributed by atoms with Crippen molar-refractivity contribution in [3.63, 3.8) is 0 Å². The number of aryl methyl sites for hydroxylation is 1. The van der Waals surface area contributed by atoms with Crippen LogP contribution in [0.15, 0.2) is 49.2 Å². The van der Waals surface area contributed by atoms with Gasteiger partial charge in [-0.2, -0.15) is 15.5 Å². The molecular formula is C25H22N8O. The summed E-state index contributed by atoms with van der Waals surface area (Å²) >= 11 is 0. The molecule has 1 fully saturated rings. The third-order valence-corrected chi connectivity index (χ3v) is 5.95. The molecule has 0 radical (unpaired) electrons. The molecule has 0 aliphatic carbocycles. The summed E-state index contributed by atoms with van der Waals surface area (Å²) < 4.78 is 3.49. The van der Waals surface area contributed by atoms with E-state index in [1.165, 1.54) is 0 Å². The lowest BCUT2D eigenvalue weighted by atomic mass is 10.0. The van der Waals surface area contributed by atoms with Crippen LogP contribution in [-0.2, 0) is 11.8 Å². The second-order valence-electron chi connectivity index (χ2n) is 8.07. The third-order valence-electron chi connectivity index (χ3n) is 5.95. The van der Waals surface area contributed by atoms with Crippen LogP contribution in [0.4, 0.5) is 5.82 Å². The van der Waals surface area contributed by atoms with E-state index in [0.29, 0.717) is 31.7 Å². The van der Waals surface area contributed by atoms with Gasteiger partial charge in [0.25, 0.3) is 5.91 Å². The lowest BCUT2D eigenvalue weighted by molar-refractivity contribution is -0.125. The fraction of sp³-hybridized carbons (Fsp3) is 0.240. The normalized spacial score (nSPS) is 13.4. The van der Waals surface area contributed by atoms with E-state index in [4.69, 9.17) is 4.98 Å². The van der Waals surface area contributed by atoms with E-state index in [1.54, 1.807) is 33.4 Å². The summed E-state index contributed by atoms with van der Waals surface area (Å²) in [7, 11) is 1.88. The number of piperazine rings is 1. The Morgan fingerprint density at radius 2 is 1.82 bits per heavy atom. The lowest BCUT2D eigenvalue weighted by Crippen LogP contribution is -2.48. The SMILES string of the molecule is CC#CC(=O)N1CCN(c2ccc(-c3cc(-c4cnn(C)c4)cn4ncc(C#N)c34)cn2)CC1. The molecule has 168 valence electrons. The zero-order valence-corrected chi connectivity index (χ0v) is 18.9. The van der Waals surface area contributed by atoms with Crippen molar-refractivity contribution in [2.75, 3.05) is 31.1 Å². The number of anilines is 1. The standard InChI is InChI=1S/C25H22N8O/c1-3-4-24(34)32-9-7-31(8-10-32)23-6-5-18(13-27-23)22-11-19(21-15-28-30(2)16-21)17-33-25(22)20(12-26)14-29-33/h5-6,11,13-17H,7-10H2,1-2H3. The van der Waals surface area contributed by atoms with Crippen LogP contribution in [0.1, 0.15) is 12.5 Å². The molecule has 9 nitrogen and oxygen atoms in total. The third kappa shape index (κ3) is 3.84. The molecule has 0 N–H and O–H groups in total. The summed E-state index contributed by atoms with van der Waals surface area (Å²) in [6, 6.07) is 8.28. The number of hydrogen-bond acceptors (Lipinski definition) is 6. The van der Waals surface area contributed by atoms with Gasteiger partial charge in [-0.25, -0.2) is 9.50 Å². The van der Waals surface area contributed by atoms with Gasteiger partial charge in [0.05, 0.1) is 23.5 Å². The predicted molar refractivity (Wildman–Crippen MR) is 128 cm³/mol. The maximum Gasteiger partial charge on any atom is 0.298 e. The number of pyridine rings is 2. The Bertz CT molecular complexity index is 1470. The van der Waals surface area contributed by atoms with Crippen LogP contribution in [0.3, 0.4) is 0 Å². The van der Waals surface area contributed by atoms with Crippen molar-refractivity contribution < 1.29 is 4.79 Å². The number of amides is 1. The van der Waals surface area contributed by atoms with Crippen molar-refractivity contribution in [3.05, 3.63) is 54.7 Å². The summed E-state index contributed by atoms with van der Waals surface area (Å²) in [6.07, 6.45) is 9.06. The van der Waals surface area contributed by atoms with Crippen molar-refractivity contribution in [2.24, 2.45) is 7.05 Å². The minimum atomic E-state index is -0.128. The topological polar surface area (TPSA) is 95.4 Å². The van der Waals surface area contributed by atoms with Crippen LogP contribution in [0.5, 0.6) is 0 Å². The van der Waals surface area contributed by atoms with Gasteiger partial charge in [-0.15, -0.1) is 0 Å². The molecule has 0 atom stereocenters. The van der Waals surface area contributed by atoms with Crippen LogP contribution in [0.2, 0.25) is 0 Å². The van der Waals surface area contributed by atoms with Crippen molar-refractivity contribution in [1.82, 2.24) is 29.3 Å². The number of nitrogens with zero attached hydrogens (tertiary/aromatic N) is 8. The van der Waals surface area contributed by atoms with Gasteiger partial charge in [-0.1, -0.05) is 5.92 Å². The molecule has 0 unspecified atom stereocenters. The zero-order valence-electron chi connectivity index (χ0n) is 18.9. The summed E-state index contributed by atoms with van der Waals surface area (Å²) in [6.45, 7) is 4.30. The zero-order chi connectivity index (χ0) is 23.7. The highest BCUT2D eigenvalue weighted by molar-refractivity contribution is 5.93. The summed E-state index contributed by atoms with van der Waals surface area (Å²) in [5.41, 5.74) is 4.93. The number of nitriles is 1. The molecule has 5 heterocycles. The van der Waals surface area contributed by atoms with Crippen LogP contribution in [0, 0.1) is 23.2 Å². The average molecular weight is 451 g/mol. The molecule has 0 aromatic carbocycles. The number of rotatable bonds is 3. The van der Waals surface area contributed by atoms with Crippen molar-refractivity contribution in [3.8, 4) is 40.2 Å². The smallest absolute Gasteiger partial charge is 0.298 e. The number of hydrogen-bond donors (Lipinski definition) is 0.